The molecule has 0 radical (unpaired) electrons. The summed E-state index contributed by atoms with van der Waals surface area (Å²) in [6.07, 6.45) is 2.35. The first-order valence-corrected chi connectivity index (χ1v) is 11.5. The molecule has 29 heavy (non-hydrogen) atoms. The second-order valence-electron chi connectivity index (χ2n) is 5.91. The molecule has 0 amide bonds. The van der Waals surface area contributed by atoms with Crippen LogP contribution < -0.4 is 9.47 Å². The van der Waals surface area contributed by atoms with Crippen LogP contribution in [0.15, 0.2) is 47.2 Å². The molecular weight excluding hydrogens is 420 g/mol. The zero-order valence-electron chi connectivity index (χ0n) is 15.6. The highest BCUT2D eigenvalue weighted by Gasteiger charge is 2.17. The van der Waals surface area contributed by atoms with Gasteiger partial charge in [-0.15, -0.1) is 0 Å². The van der Waals surface area contributed by atoms with Gasteiger partial charge in [0.25, 0.3) is 0 Å². The van der Waals surface area contributed by atoms with Crippen LogP contribution in [0.1, 0.15) is 11.1 Å². The molecular formula is C19H20O8S2. The highest BCUT2D eigenvalue weighted by molar-refractivity contribution is 8.10. The fourth-order valence-electron chi connectivity index (χ4n) is 2.29. The third-order valence-electron chi connectivity index (χ3n) is 3.67. The van der Waals surface area contributed by atoms with E-state index in [1.807, 2.05) is 0 Å². The topological polar surface area (TPSA) is 127 Å². The molecule has 0 unspecified atom stereocenters. The highest BCUT2D eigenvalue weighted by atomic mass is 32.3. The Kier molecular flexibility index (Phi) is 6.93. The number of aromatic hydroxyl groups is 2. The van der Waals surface area contributed by atoms with Crippen LogP contribution in [0, 0.1) is 0 Å². The molecule has 0 saturated heterocycles. The number of hydrogen-bond donors (Lipinski definition) is 2. The molecule has 0 heterocycles. The molecule has 0 aliphatic rings. The van der Waals surface area contributed by atoms with E-state index < -0.39 is 24.8 Å². The summed E-state index contributed by atoms with van der Waals surface area (Å²) in [5.74, 6) is 0.0975. The van der Waals surface area contributed by atoms with Gasteiger partial charge in [-0.05, 0) is 47.5 Å². The quantitative estimate of drug-likeness (QED) is 0.641. The lowest BCUT2D eigenvalue weighted by atomic mass is 10.2. The Labute approximate surface area is 169 Å². The molecule has 2 N–H and O–H groups in total. The average Bonchev–Trinajstić information content (AvgIpc) is 2.64. The lowest BCUT2D eigenvalue weighted by Gasteiger charge is -2.04. The maximum absolute atomic E-state index is 12.1. The number of ether oxygens (including phenoxy) is 2. The second kappa shape index (κ2) is 9.01. The summed E-state index contributed by atoms with van der Waals surface area (Å²) in [6, 6.07) is 8.49. The van der Waals surface area contributed by atoms with E-state index in [9.17, 15) is 27.0 Å². The molecule has 0 saturated carbocycles. The van der Waals surface area contributed by atoms with Crippen LogP contribution in [0.25, 0.3) is 12.2 Å². The maximum atomic E-state index is 12.1. The van der Waals surface area contributed by atoms with Crippen molar-refractivity contribution in [2.75, 3.05) is 19.3 Å². The van der Waals surface area contributed by atoms with E-state index in [0.29, 0.717) is 11.1 Å². The van der Waals surface area contributed by atoms with Crippen molar-refractivity contribution in [1.29, 1.82) is 0 Å². The fraction of sp³-hybridized carbons (Fsp3) is 0.158. The van der Waals surface area contributed by atoms with E-state index in [4.69, 9.17) is 9.47 Å². The molecule has 0 bridgehead atoms. The second-order valence-corrected chi connectivity index (χ2v) is 10.1. The Morgan fingerprint density at radius 1 is 0.759 bits per heavy atom. The summed E-state index contributed by atoms with van der Waals surface area (Å²) in [5.41, 5.74) is 0.710. The Morgan fingerprint density at radius 3 is 1.45 bits per heavy atom. The van der Waals surface area contributed by atoms with Crippen LogP contribution >= 0.6 is 0 Å². The van der Waals surface area contributed by atoms with E-state index in [2.05, 4.69) is 0 Å². The zero-order valence-corrected chi connectivity index (χ0v) is 17.3. The minimum Gasteiger partial charge on any atom is -0.504 e. The molecule has 2 aromatic carbocycles. The molecule has 2 rings (SSSR count). The SMILES string of the molecule is COc1ccc(C=CS(=O)(=O)CS(=O)(=O)/C=C/c2ccc(OC)c(O)c2)cc1O. The summed E-state index contributed by atoms with van der Waals surface area (Å²) in [6.45, 7) is 0. The van der Waals surface area contributed by atoms with Crippen LogP contribution in [-0.2, 0) is 19.7 Å². The predicted octanol–water partition coefficient (Wildman–Crippen LogP) is 2.54. The van der Waals surface area contributed by atoms with Crippen LogP contribution in [0.4, 0.5) is 0 Å². The fourth-order valence-corrected chi connectivity index (χ4v) is 5.48. The molecule has 0 spiro atoms. The molecule has 0 aliphatic heterocycles. The smallest absolute Gasteiger partial charge is 0.186 e. The van der Waals surface area contributed by atoms with E-state index in [0.717, 1.165) is 10.8 Å². The van der Waals surface area contributed by atoms with E-state index >= 15 is 0 Å². The first kappa shape index (κ1) is 22.3. The number of rotatable bonds is 8. The average molecular weight is 440 g/mol. The Morgan fingerprint density at radius 2 is 1.14 bits per heavy atom. The van der Waals surface area contributed by atoms with Crippen molar-refractivity contribution in [1.82, 2.24) is 0 Å². The van der Waals surface area contributed by atoms with Gasteiger partial charge in [-0.1, -0.05) is 12.1 Å². The molecule has 2 aromatic rings. The first-order valence-electron chi connectivity index (χ1n) is 8.11. The lowest BCUT2D eigenvalue weighted by Crippen LogP contribution is -2.11. The number of sulfone groups is 2. The third-order valence-corrected chi connectivity index (χ3v) is 7.40. The molecule has 0 fully saturated rings. The van der Waals surface area contributed by atoms with Crippen LogP contribution in [0.2, 0.25) is 0 Å². The van der Waals surface area contributed by atoms with Gasteiger partial charge in [-0.3, -0.25) is 0 Å². The van der Waals surface area contributed by atoms with Crippen molar-refractivity contribution < 1.29 is 36.5 Å². The van der Waals surface area contributed by atoms with Crippen molar-refractivity contribution >= 4 is 31.8 Å². The van der Waals surface area contributed by atoms with Gasteiger partial charge >= 0.3 is 0 Å². The Bertz CT molecular complexity index is 1060. The summed E-state index contributed by atoms with van der Waals surface area (Å²) in [4.78, 5) is 0. The Hall–Kier alpha value is -2.98. The van der Waals surface area contributed by atoms with Crippen molar-refractivity contribution in [3.8, 4) is 23.0 Å². The minimum atomic E-state index is -4.09. The Balaban J connectivity index is 2.13. The third kappa shape index (κ3) is 6.54. The summed E-state index contributed by atoms with van der Waals surface area (Å²) >= 11 is 0. The summed E-state index contributed by atoms with van der Waals surface area (Å²) in [5, 5.41) is 19.8. The lowest BCUT2D eigenvalue weighted by molar-refractivity contribution is 0.373. The standard InChI is InChI=1S/C19H20O8S2/c1-26-18-5-3-14(11-16(18)20)7-9-28(22,23)13-29(24,25)10-8-15-4-6-19(27-2)17(21)12-15/h3-12,20-21H,13H2,1-2H3/b9-7+,10-8?. The normalized spacial score (nSPS) is 12.5. The van der Waals surface area contributed by atoms with E-state index in [1.54, 1.807) is 0 Å². The van der Waals surface area contributed by atoms with Gasteiger partial charge in [0, 0.05) is 10.8 Å². The van der Waals surface area contributed by atoms with Crippen molar-refractivity contribution in [3.63, 3.8) is 0 Å². The number of benzene rings is 2. The number of phenolic OH excluding ortho intramolecular Hbond substituents is 2. The monoisotopic (exact) mass is 440 g/mol. The molecule has 0 aromatic heterocycles. The molecule has 10 heteroatoms. The molecule has 0 aliphatic carbocycles. The van der Waals surface area contributed by atoms with Gasteiger partial charge in [0.05, 0.1) is 14.2 Å². The van der Waals surface area contributed by atoms with E-state index in [1.165, 1.54) is 62.8 Å². The first-order chi connectivity index (χ1) is 13.5. The van der Waals surface area contributed by atoms with E-state index in [-0.39, 0.29) is 23.0 Å². The van der Waals surface area contributed by atoms with Crippen molar-refractivity contribution in [2.45, 2.75) is 0 Å². The highest BCUT2D eigenvalue weighted by Crippen LogP contribution is 2.28. The van der Waals surface area contributed by atoms with Crippen LogP contribution in [0.3, 0.4) is 0 Å². The van der Waals surface area contributed by atoms with Gasteiger partial charge in [0.15, 0.2) is 47.8 Å². The zero-order chi connectivity index (χ0) is 21.7. The molecule has 8 nitrogen and oxygen atoms in total. The van der Waals surface area contributed by atoms with Crippen LogP contribution in [-0.4, -0.2) is 46.4 Å². The van der Waals surface area contributed by atoms with Gasteiger partial charge in [0.1, 0.15) is 0 Å². The summed E-state index contributed by atoms with van der Waals surface area (Å²) in [7, 11) is -5.43. The van der Waals surface area contributed by atoms with Crippen molar-refractivity contribution in [2.24, 2.45) is 0 Å². The van der Waals surface area contributed by atoms with Crippen LogP contribution in [0.5, 0.6) is 23.0 Å². The number of methoxy groups -OCH3 is 2. The predicted molar refractivity (Wildman–Crippen MR) is 110 cm³/mol. The van der Waals surface area contributed by atoms with Gasteiger partial charge in [0.2, 0.25) is 0 Å². The van der Waals surface area contributed by atoms with Gasteiger partial charge in [-0.25, -0.2) is 16.8 Å². The maximum Gasteiger partial charge on any atom is 0.186 e. The molecule has 0 atom stereocenters. The minimum absolute atomic E-state index is 0.176. The van der Waals surface area contributed by atoms with Crippen molar-refractivity contribution in [3.05, 3.63) is 58.3 Å². The summed E-state index contributed by atoms with van der Waals surface area (Å²) < 4.78 is 58.3. The number of hydrogen-bond acceptors (Lipinski definition) is 8. The van der Waals surface area contributed by atoms with Gasteiger partial charge in [-0.2, -0.15) is 0 Å². The largest absolute Gasteiger partial charge is 0.504 e. The van der Waals surface area contributed by atoms with Gasteiger partial charge < -0.3 is 19.7 Å². The molecule has 156 valence electrons. The number of phenols is 2.